The lowest BCUT2D eigenvalue weighted by Crippen LogP contribution is -2.30. The maximum atomic E-state index is 12.9. The smallest absolute Gasteiger partial charge is 0.306 e. The summed E-state index contributed by atoms with van der Waals surface area (Å²) < 4.78 is 16.9. The minimum atomic E-state index is -0.771. The average molecular weight is 1000 g/mol. The lowest BCUT2D eigenvalue weighted by molar-refractivity contribution is -0.167. The first kappa shape index (κ1) is 68.9. The summed E-state index contributed by atoms with van der Waals surface area (Å²) in [5.74, 6) is -0.849. The largest absolute Gasteiger partial charge is 0.462 e. The molecule has 0 saturated heterocycles. The van der Waals surface area contributed by atoms with Crippen molar-refractivity contribution in [3.8, 4) is 0 Å². The van der Waals surface area contributed by atoms with Crippen molar-refractivity contribution < 1.29 is 28.6 Å². The SMILES string of the molecule is CCCCCCCC/C=C\CCCCCCCCCC(=O)OC(COC(=O)CCCCCCCCCCC/C=C\CCCCCCCCCC)COC(=O)CCCCCCCCCCCCCCCCC. The Morgan fingerprint density at radius 1 is 0.268 bits per heavy atom. The molecule has 6 nitrogen and oxygen atoms in total. The number of carbonyl (C=O) groups is 3. The molecule has 0 aliphatic carbocycles. The van der Waals surface area contributed by atoms with E-state index < -0.39 is 6.10 Å². The van der Waals surface area contributed by atoms with Gasteiger partial charge in [0.05, 0.1) is 0 Å². The molecule has 0 amide bonds. The summed E-state index contributed by atoms with van der Waals surface area (Å²) in [5.41, 5.74) is 0. The molecule has 0 rings (SSSR count). The lowest BCUT2D eigenvalue weighted by atomic mass is 10.0. The number of carbonyl (C=O) groups excluding carboxylic acids is 3. The van der Waals surface area contributed by atoms with Gasteiger partial charge in [-0.15, -0.1) is 0 Å². The monoisotopic (exact) mass is 999 g/mol. The Labute approximate surface area is 443 Å². The third kappa shape index (κ3) is 58.7. The molecule has 71 heavy (non-hydrogen) atoms. The lowest BCUT2D eigenvalue weighted by Gasteiger charge is -2.18. The number of unbranched alkanes of at least 4 members (excludes halogenated alkanes) is 44. The molecule has 0 radical (unpaired) electrons. The molecule has 0 aromatic heterocycles. The highest BCUT2D eigenvalue weighted by Crippen LogP contribution is 2.17. The fourth-order valence-corrected chi connectivity index (χ4v) is 9.61. The molecule has 0 aliphatic rings. The van der Waals surface area contributed by atoms with Gasteiger partial charge in [-0.2, -0.15) is 0 Å². The zero-order valence-electron chi connectivity index (χ0n) is 48.0. The van der Waals surface area contributed by atoms with Crippen LogP contribution < -0.4 is 0 Å². The minimum Gasteiger partial charge on any atom is -0.462 e. The van der Waals surface area contributed by atoms with E-state index >= 15 is 0 Å². The maximum Gasteiger partial charge on any atom is 0.306 e. The van der Waals surface area contributed by atoms with E-state index in [-0.39, 0.29) is 31.1 Å². The third-order valence-corrected chi connectivity index (χ3v) is 14.4. The standard InChI is InChI=1S/C65H122O6/c1-4-7-10-13-16-19-22-25-28-30-31-32-33-35-37-40-43-46-49-52-55-58-64(67)70-61-62(60-69-63(66)57-54-51-48-45-42-39-36-27-24-21-18-15-12-9-6-3)71-65(68)59-56-53-50-47-44-41-38-34-29-26-23-20-17-14-11-8-5-2/h26,29-31,62H,4-25,27-28,32-61H2,1-3H3/b29-26-,31-30-. The summed E-state index contributed by atoms with van der Waals surface area (Å²) in [6.45, 7) is 6.69. The Morgan fingerprint density at radius 3 is 0.704 bits per heavy atom. The van der Waals surface area contributed by atoms with Crippen LogP contribution >= 0.6 is 0 Å². The van der Waals surface area contributed by atoms with Crippen LogP contribution in [0.15, 0.2) is 24.3 Å². The van der Waals surface area contributed by atoms with Gasteiger partial charge in [0, 0.05) is 19.3 Å². The van der Waals surface area contributed by atoms with Crippen LogP contribution in [0.5, 0.6) is 0 Å². The number of ether oxygens (including phenoxy) is 3. The summed E-state index contributed by atoms with van der Waals surface area (Å²) in [6, 6.07) is 0. The predicted molar refractivity (Wildman–Crippen MR) is 307 cm³/mol. The molecule has 0 aromatic rings. The molecule has 0 spiro atoms. The van der Waals surface area contributed by atoms with Gasteiger partial charge in [-0.05, 0) is 70.6 Å². The zero-order chi connectivity index (χ0) is 51.4. The maximum absolute atomic E-state index is 12.9. The molecule has 0 N–H and O–H groups in total. The quantitative estimate of drug-likeness (QED) is 0.0261. The van der Waals surface area contributed by atoms with E-state index in [1.807, 2.05) is 0 Å². The molecule has 1 atom stereocenters. The molecule has 1 unspecified atom stereocenters. The van der Waals surface area contributed by atoms with Crippen molar-refractivity contribution in [2.24, 2.45) is 0 Å². The minimum absolute atomic E-state index is 0.0686. The van der Waals surface area contributed by atoms with Crippen molar-refractivity contribution in [2.75, 3.05) is 13.2 Å². The number of rotatable bonds is 59. The average Bonchev–Trinajstić information content (AvgIpc) is 3.37. The van der Waals surface area contributed by atoms with Gasteiger partial charge in [0.15, 0.2) is 6.10 Å². The summed E-state index contributed by atoms with van der Waals surface area (Å²) in [4.78, 5) is 38.3. The molecule has 0 saturated carbocycles. The van der Waals surface area contributed by atoms with Crippen LogP contribution in [0.25, 0.3) is 0 Å². The van der Waals surface area contributed by atoms with Gasteiger partial charge < -0.3 is 14.2 Å². The highest BCUT2D eigenvalue weighted by atomic mass is 16.6. The van der Waals surface area contributed by atoms with Crippen LogP contribution in [0, 0.1) is 0 Å². The van der Waals surface area contributed by atoms with Crippen LogP contribution in [-0.2, 0) is 28.6 Å². The van der Waals surface area contributed by atoms with Crippen LogP contribution in [0.2, 0.25) is 0 Å². The van der Waals surface area contributed by atoms with Crippen molar-refractivity contribution >= 4 is 17.9 Å². The molecular weight excluding hydrogens is 877 g/mol. The van der Waals surface area contributed by atoms with Gasteiger partial charge in [0.2, 0.25) is 0 Å². The molecule has 0 aliphatic heterocycles. The van der Waals surface area contributed by atoms with E-state index in [0.717, 1.165) is 57.8 Å². The fraction of sp³-hybridized carbons (Fsp3) is 0.892. The summed E-state index contributed by atoms with van der Waals surface area (Å²) in [6.07, 6.45) is 71.8. The molecule has 6 heteroatoms. The molecule has 0 aromatic carbocycles. The molecule has 418 valence electrons. The van der Waals surface area contributed by atoms with E-state index in [0.29, 0.717) is 19.3 Å². The first-order chi connectivity index (χ1) is 35.0. The van der Waals surface area contributed by atoms with Crippen molar-refractivity contribution in [3.05, 3.63) is 24.3 Å². The number of hydrogen-bond donors (Lipinski definition) is 0. The van der Waals surface area contributed by atoms with Crippen LogP contribution in [0.1, 0.15) is 355 Å². The van der Waals surface area contributed by atoms with E-state index in [1.54, 1.807) is 0 Å². The van der Waals surface area contributed by atoms with E-state index in [2.05, 4.69) is 45.1 Å². The Balaban J connectivity index is 4.31. The highest BCUT2D eigenvalue weighted by molar-refractivity contribution is 5.71. The van der Waals surface area contributed by atoms with Gasteiger partial charge in [-0.1, -0.05) is 289 Å². The highest BCUT2D eigenvalue weighted by Gasteiger charge is 2.19. The van der Waals surface area contributed by atoms with Gasteiger partial charge >= 0.3 is 17.9 Å². The summed E-state index contributed by atoms with van der Waals surface area (Å²) >= 11 is 0. The third-order valence-electron chi connectivity index (χ3n) is 14.4. The summed E-state index contributed by atoms with van der Waals surface area (Å²) in [5, 5.41) is 0. The molecule has 0 bridgehead atoms. The van der Waals surface area contributed by atoms with Gasteiger partial charge in [-0.3, -0.25) is 14.4 Å². The van der Waals surface area contributed by atoms with Crippen LogP contribution in [-0.4, -0.2) is 37.2 Å². The van der Waals surface area contributed by atoms with Crippen molar-refractivity contribution in [3.63, 3.8) is 0 Å². The zero-order valence-corrected chi connectivity index (χ0v) is 48.0. The van der Waals surface area contributed by atoms with E-state index in [9.17, 15) is 14.4 Å². The first-order valence-corrected chi connectivity index (χ1v) is 31.8. The number of hydrogen-bond acceptors (Lipinski definition) is 6. The normalized spacial score (nSPS) is 12.1. The van der Waals surface area contributed by atoms with Gasteiger partial charge in [0.1, 0.15) is 13.2 Å². The van der Waals surface area contributed by atoms with Gasteiger partial charge in [0.25, 0.3) is 0 Å². The number of esters is 3. The summed E-state index contributed by atoms with van der Waals surface area (Å²) in [7, 11) is 0. The van der Waals surface area contributed by atoms with Crippen LogP contribution in [0.4, 0.5) is 0 Å². The second-order valence-electron chi connectivity index (χ2n) is 21.7. The first-order valence-electron chi connectivity index (χ1n) is 31.8. The van der Waals surface area contributed by atoms with Crippen molar-refractivity contribution in [1.29, 1.82) is 0 Å². The van der Waals surface area contributed by atoms with Crippen molar-refractivity contribution in [1.82, 2.24) is 0 Å². The predicted octanol–water partition coefficient (Wildman–Crippen LogP) is 21.4. The molecule has 0 heterocycles. The van der Waals surface area contributed by atoms with E-state index in [4.69, 9.17) is 14.2 Å². The number of allylic oxidation sites excluding steroid dienone is 4. The Kier molecular flexibility index (Phi) is 58.6. The van der Waals surface area contributed by atoms with Gasteiger partial charge in [-0.25, -0.2) is 0 Å². The van der Waals surface area contributed by atoms with Crippen LogP contribution in [0.3, 0.4) is 0 Å². The van der Waals surface area contributed by atoms with Crippen molar-refractivity contribution in [2.45, 2.75) is 361 Å². The Hall–Kier alpha value is -2.11. The Bertz CT molecular complexity index is 1150. The van der Waals surface area contributed by atoms with E-state index in [1.165, 1.54) is 257 Å². The molecular formula is C65H122O6. The second kappa shape index (κ2) is 60.4. The molecule has 0 fully saturated rings. The second-order valence-corrected chi connectivity index (χ2v) is 21.7. The fourth-order valence-electron chi connectivity index (χ4n) is 9.61. The Morgan fingerprint density at radius 2 is 0.465 bits per heavy atom. The topological polar surface area (TPSA) is 78.9 Å².